The number of aryl methyl sites for hydroxylation is 1. The minimum absolute atomic E-state index is 0.270. The normalized spacial score (nSPS) is 21.6. The van der Waals surface area contributed by atoms with Gasteiger partial charge in [0.1, 0.15) is 5.75 Å². The van der Waals surface area contributed by atoms with E-state index in [0.717, 1.165) is 38.2 Å². The van der Waals surface area contributed by atoms with Crippen molar-refractivity contribution in [2.24, 2.45) is 11.7 Å². The van der Waals surface area contributed by atoms with Gasteiger partial charge >= 0.3 is 0 Å². The SMILES string of the molecule is COc1ccc(CC2CC(N)CN(Cc3cccc(C)c3)C2)cc1. The molecule has 1 fully saturated rings. The summed E-state index contributed by atoms with van der Waals surface area (Å²) < 4.78 is 5.24. The van der Waals surface area contributed by atoms with Gasteiger partial charge in [0.05, 0.1) is 7.11 Å². The Hall–Kier alpha value is -1.84. The van der Waals surface area contributed by atoms with E-state index >= 15 is 0 Å². The number of hydrogen-bond acceptors (Lipinski definition) is 3. The van der Waals surface area contributed by atoms with Crippen molar-refractivity contribution in [2.45, 2.75) is 32.4 Å². The Labute approximate surface area is 145 Å². The number of nitrogens with zero attached hydrogens (tertiary/aromatic N) is 1. The summed E-state index contributed by atoms with van der Waals surface area (Å²) in [5.74, 6) is 1.53. The summed E-state index contributed by atoms with van der Waals surface area (Å²) in [5, 5.41) is 0. The second-order valence-corrected chi connectivity index (χ2v) is 7.10. The minimum atomic E-state index is 0.270. The summed E-state index contributed by atoms with van der Waals surface area (Å²) >= 11 is 0. The fraction of sp³-hybridized carbons (Fsp3) is 0.429. The molecule has 2 atom stereocenters. The highest BCUT2D eigenvalue weighted by Gasteiger charge is 2.25. The molecule has 3 rings (SSSR count). The third kappa shape index (κ3) is 4.59. The van der Waals surface area contributed by atoms with Gasteiger partial charge < -0.3 is 10.5 Å². The molecule has 0 saturated carbocycles. The maximum atomic E-state index is 6.34. The summed E-state index contributed by atoms with van der Waals surface area (Å²) in [6, 6.07) is 17.5. The van der Waals surface area contributed by atoms with Gasteiger partial charge in [-0.05, 0) is 48.9 Å². The van der Waals surface area contributed by atoms with Gasteiger partial charge in [0.15, 0.2) is 0 Å². The molecule has 0 amide bonds. The zero-order valence-electron chi connectivity index (χ0n) is 14.7. The van der Waals surface area contributed by atoms with E-state index in [1.807, 2.05) is 12.1 Å². The lowest BCUT2D eigenvalue weighted by Gasteiger charge is -2.36. The average Bonchev–Trinajstić information content (AvgIpc) is 2.55. The summed E-state index contributed by atoms with van der Waals surface area (Å²) in [4.78, 5) is 2.51. The van der Waals surface area contributed by atoms with E-state index < -0.39 is 0 Å². The van der Waals surface area contributed by atoms with Gasteiger partial charge in [0.25, 0.3) is 0 Å². The van der Waals surface area contributed by atoms with Crippen molar-refractivity contribution in [2.75, 3.05) is 20.2 Å². The van der Waals surface area contributed by atoms with Crippen molar-refractivity contribution in [3.05, 3.63) is 65.2 Å². The van der Waals surface area contributed by atoms with Gasteiger partial charge in [-0.25, -0.2) is 0 Å². The van der Waals surface area contributed by atoms with Gasteiger partial charge in [0, 0.05) is 25.7 Å². The quantitative estimate of drug-likeness (QED) is 0.916. The first-order valence-corrected chi connectivity index (χ1v) is 8.79. The maximum Gasteiger partial charge on any atom is 0.118 e. The third-order valence-corrected chi connectivity index (χ3v) is 4.82. The molecule has 128 valence electrons. The van der Waals surface area contributed by atoms with Crippen molar-refractivity contribution in [1.29, 1.82) is 0 Å². The topological polar surface area (TPSA) is 38.5 Å². The number of methoxy groups -OCH3 is 1. The molecule has 2 N–H and O–H groups in total. The van der Waals surface area contributed by atoms with E-state index in [0.29, 0.717) is 5.92 Å². The van der Waals surface area contributed by atoms with E-state index in [-0.39, 0.29) is 6.04 Å². The maximum absolute atomic E-state index is 6.34. The molecule has 24 heavy (non-hydrogen) atoms. The van der Waals surface area contributed by atoms with Gasteiger partial charge in [-0.15, -0.1) is 0 Å². The average molecular weight is 324 g/mol. The second-order valence-electron chi connectivity index (χ2n) is 7.10. The Morgan fingerprint density at radius 1 is 1.08 bits per heavy atom. The predicted octanol–water partition coefficient (Wildman–Crippen LogP) is 3.40. The van der Waals surface area contributed by atoms with Crippen LogP contribution in [0.15, 0.2) is 48.5 Å². The van der Waals surface area contributed by atoms with Crippen molar-refractivity contribution in [1.82, 2.24) is 4.90 Å². The van der Waals surface area contributed by atoms with Crippen molar-refractivity contribution < 1.29 is 4.74 Å². The van der Waals surface area contributed by atoms with Crippen molar-refractivity contribution >= 4 is 0 Å². The number of rotatable bonds is 5. The van der Waals surface area contributed by atoms with E-state index in [1.54, 1.807) is 7.11 Å². The van der Waals surface area contributed by atoms with Crippen LogP contribution in [0.4, 0.5) is 0 Å². The van der Waals surface area contributed by atoms with Crippen LogP contribution in [0.2, 0.25) is 0 Å². The third-order valence-electron chi connectivity index (χ3n) is 4.82. The van der Waals surface area contributed by atoms with Crippen LogP contribution in [0, 0.1) is 12.8 Å². The molecule has 3 heteroatoms. The smallest absolute Gasteiger partial charge is 0.118 e. The van der Waals surface area contributed by atoms with Crippen LogP contribution in [0.3, 0.4) is 0 Å². The van der Waals surface area contributed by atoms with E-state index in [1.165, 1.54) is 16.7 Å². The van der Waals surface area contributed by atoms with Gasteiger partial charge in [-0.3, -0.25) is 4.90 Å². The summed E-state index contributed by atoms with van der Waals surface area (Å²) in [6.45, 7) is 5.26. The molecule has 3 nitrogen and oxygen atoms in total. The van der Waals surface area contributed by atoms with Crippen molar-refractivity contribution in [3.63, 3.8) is 0 Å². The molecule has 0 spiro atoms. The van der Waals surface area contributed by atoms with Crippen LogP contribution in [-0.2, 0) is 13.0 Å². The number of likely N-dealkylation sites (tertiary alicyclic amines) is 1. The minimum Gasteiger partial charge on any atom is -0.497 e. The van der Waals surface area contributed by atoms with Crippen molar-refractivity contribution in [3.8, 4) is 5.75 Å². The first-order chi connectivity index (χ1) is 11.6. The Morgan fingerprint density at radius 2 is 1.88 bits per heavy atom. The molecule has 1 saturated heterocycles. The van der Waals surface area contributed by atoms with Crippen LogP contribution in [0.25, 0.3) is 0 Å². The zero-order valence-corrected chi connectivity index (χ0v) is 14.7. The highest BCUT2D eigenvalue weighted by molar-refractivity contribution is 5.27. The number of hydrogen-bond donors (Lipinski definition) is 1. The van der Waals surface area contributed by atoms with Crippen LogP contribution in [0.5, 0.6) is 5.75 Å². The number of piperidine rings is 1. The van der Waals surface area contributed by atoms with Gasteiger partial charge in [-0.2, -0.15) is 0 Å². The fourth-order valence-corrected chi connectivity index (χ4v) is 3.79. The lowest BCUT2D eigenvalue weighted by atomic mass is 9.89. The van der Waals surface area contributed by atoms with Crippen LogP contribution < -0.4 is 10.5 Å². The first kappa shape index (κ1) is 17.0. The number of nitrogens with two attached hydrogens (primary N) is 1. The lowest BCUT2D eigenvalue weighted by Crippen LogP contribution is -2.47. The monoisotopic (exact) mass is 324 g/mol. The van der Waals surface area contributed by atoms with Crippen LogP contribution >= 0.6 is 0 Å². The summed E-state index contributed by atoms with van der Waals surface area (Å²) in [6.07, 6.45) is 2.19. The largest absolute Gasteiger partial charge is 0.497 e. The van der Waals surface area contributed by atoms with Gasteiger partial charge in [0.2, 0.25) is 0 Å². The van der Waals surface area contributed by atoms with Crippen LogP contribution in [0.1, 0.15) is 23.1 Å². The number of ether oxygens (including phenoxy) is 1. The molecular weight excluding hydrogens is 296 g/mol. The Balaban J connectivity index is 1.62. The molecule has 1 aliphatic heterocycles. The molecule has 1 heterocycles. The number of benzene rings is 2. The summed E-state index contributed by atoms with van der Waals surface area (Å²) in [5.41, 5.74) is 10.4. The Morgan fingerprint density at radius 3 is 2.58 bits per heavy atom. The lowest BCUT2D eigenvalue weighted by molar-refractivity contribution is 0.149. The standard InChI is InChI=1S/C21H28N2O/c1-16-4-3-5-18(10-16)13-23-14-19(12-20(22)15-23)11-17-6-8-21(24-2)9-7-17/h3-10,19-20H,11-15,22H2,1-2H3. The first-order valence-electron chi connectivity index (χ1n) is 8.79. The molecule has 2 aromatic rings. The molecule has 0 bridgehead atoms. The summed E-state index contributed by atoms with van der Waals surface area (Å²) in [7, 11) is 1.71. The Bertz CT molecular complexity index is 653. The van der Waals surface area contributed by atoms with E-state index in [2.05, 4.69) is 48.2 Å². The molecule has 0 radical (unpaired) electrons. The second kappa shape index (κ2) is 7.82. The van der Waals surface area contributed by atoms with Gasteiger partial charge in [-0.1, -0.05) is 42.0 Å². The Kier molecular flexibility index (Phi) is 5.54. The van der Waals surface area contributed by atoms with E-state index in [9.17, 15) is 0 Å². The zero-order chi connectivity index (χ0) is 16.9. The molecular formula is C21H28N2O. The molecule has 2 aromatic carbocycles. The van der Waals surface area contributed by atoms with E-state index in [4.69, 9.17) is 10.5 Å². The fourth-order valence-electron chi connectivity index (χ4n) is 3.79. The molecule has 1 aliphatic rings. The molecule has 2 unspecified atom stereocenters. The highest BCUT2D eigenvalue weighted by Crippen LogP contribution is 2.23. The molecule has 0 aromatic heterocycles. The highest BCUT2D eigenvalue weighted by atomic mass is 16.5. The predicted molar refractivity (Wildman–Crippen MR) is 99.2 cm³/mol. The molecule has 0 aliphatic carbocycles. The van der Waals surface area contributed by atoms with Crippen LogP contribution in [-0.4, -0.2) is 31.1 Å².